The summed E-state index contributed by atoms with van der Waals surface area (Å²) >= 11 is 0. The topological polar surface area (TPSA) is 120 Å². The molecule has 0 fully saturated rings. The number of benzene rings is 3. The summed E-state index contributed by atoms with van der Waals surface area (Å²) in [6.07, 6.45) is 0.587. The third kappa shape index (κ3) is 4.79. The summed E-state index contributed by atoms with van der Waals surface area (Å²) in [6.45, 7) is 2.86. The summed E-state index contributed by atoms with van der Waals surface area (Å²) in [5.74, 6) is -1.57. The van der Waals surface area contributed by atoms with Crippen molar-refractivity contribution in [3.8, 4) is 5.69 Å². The molecule has 0 aliphatic carbocycles. The van der Waals surface area contributed by atoms with Gasteiger partial charge in [0, 0.05) is 13.1 Å². The molecule has 1 N–H and O–H groups in total. The van der Waals surface area contributed by atoms with Gasteiger partial charge in [0.15, 0.2) is 6.61 Å². The Morgan fingerprint density at radius 1 is 1.00 bits per heavy atom. The fourth-order valence-electron chi connectivity index (χ4n) is 4.90. The average molecular weight is 561 g/mol. The molecule has 11 heteroatoms. The van der Waals surface area contributed by atoms with E-state index in [4.69, 9.17) is 4.74 Å². The Morgan fingerprint density at radius 3 is 2.45 bits per heavy atom. The summed E-state index contributed by atoms with van der Waals surface area (Å²) in [5.41, 5.74) is 2.32. The van der Waals surface area contributed by atoms with Gasteiger partial charge in [-0.3, -0.25) is 18.6 Å². The van der Waals surface area contributed by atoms with Gasteiger partial charge in [-0.1, -0.05) is 42.5 Å². The number of anilines is 2. The number of fused-ring (bicyclic) bond motifs is 1. The molecule has 2 heterocycles. The number of nitrogens with zero attached hydrogens (tertiary/aromatic N) is 3. The van der Waals surface area contributed by atoms with Crippen molar-refractivity contribution in [1.82, 2.24) is 9.36 Å². The fourth-order valence-corrected chi connectivity index (χ4v) is 6.64. The molecule has 0 saturated carbocycles. The molecule has 1 aromatic heterocycles. The molecule has 4 aromatic rings. The highest BCUT2D eigenvalue weighted by Crippen LogP contribution is 2.36. The van der Waals surface area contributed by atoms with Gasteiger partial charge in [-0.15, -0.1) is 0 Å². The Balaban J connectivity index is 1.29. The molecule has 1 aliphatic heterocycles. The molecule has 1 atom stereocenters. The predicted octanol–water partition coefficient (Wildman–Crippen LogP) is 3.42. The number of carbonyl (C=O) groups is 2. The van der Waals surface area contributed by atoms with Crippen molar-refractivity contribution in [3.05, 3.63) is 106 Å². The van der Waals surface area contributed by atoms with Gasteiger partial charge < -0.3 is 10.1 Å². The van der Waals surface area contributed by atoms with E-state index in [-0.39, 0.29) is 22.2 Å². The molecule has 40 heavy (non-hydrogen) atoms. The first kappa shape index (κ1) is 26.9. The van der Waals surface area contributed by atoms with Crippen LogP contribution in [0.4, 0.5) is 11.4 Å². The van der Waals surface area contributed by atoms with Crippen LogP contribution in [0.15, 0.2) is 88.6 Å². The number of para-hydroxylation sites is 2. The Hall–Kier alpha value is -4.64. The van der Waals surface area contributed by atoms with Crippen LogP contribution in [0, 0.1) is 6.92 Å². The number of esters is 1. The minimum atomic E-state index is -3.96. The monoisotopic (exact) mass is 560 g/mol. The van der Waals surface area contributed by atoms with E-state index in [1.807, 2.05) is 25.1 Å². The summed E-state index contributed by atoms with van der Waals surface area (Å²) in [4.78, 5) is 38.3. The van der Waals surface area contributed by atoms with E-state index < -0.39 is 34.1 Å². The standard InChI is InChI=1S/C29H28N4O6S/c1-19-16-21-10-7-8-15-25(21)33(19)40(37,38)24-14-9-11-22(17-24)29(36)39-18-26(34)30-27-20(2)31(3)32(28(27)35)23-12-5-4-6-13-23/h4-15,17,19H,16,18H2,1-3H3,(H,30,34)/t19-/m1/s1. The summed E-state index contributed by atoms with van der Waals surface area (Å²) in [7, 11) is -2.26. The highest BCUT2D eigenvalue weighted by Gasteiger charge is 2.36. The van der Waals surface area contributed by atoms with E-state index in [1.54, 1.807) is 55.1 Å². The first-order valence-electron chi connectivity index (χ1n) is 12.6. The Bertz CT molecular complexity index is 1780. The molecule has 0 bridgehead atoms. The maximum Gasteiger partial charge on any atom is 0.338 e. The van der Waals surface area contributed by atoms with E-state index in [9.17, 15) is 22.8 Å². The molecule has 0 unspecified atom stereocenters. The second kappa shape index (κ2) is 10.5. The summed E-state index contributed by atoms with van der Waals surface area (Å²) < 4.78 is 36.6. The van der Waals surface area contributed by atoms with Crippen LogP contribution in [0.1, 0.15) is 28.5 Å². The van der Waals surface area contributed by atoms with Crippen molar-refractivity contribution in [3.63, 3.8) is 0 Å². The van der Waals surface area contributed by atoms with Crippen LogP contribution < -0.4 is 15.2 Å². The van der Waals surface area contributed by atoms with Gasteiger partial charge in [-0.05, 0) is 62.2 Å². The second-order valence-electron chi connectivity index (χ2n) is 9.57. The van der Waals surface area contributed by atoms with Crippen LogP contribution in [-0.2, 0) is 33.0 Å². The van der Waals surface area contributed by atoms with E-state index in [0.29, 0.717) is 23.5 Å². The molecule has 5 rings (SSSR count). The van der Waals surface area contributed by atoms with Crippen LogP contribution in [0.2, 0.25) is 0 Å². The second-order valence-corrected chi connectivity index (χ2v) is 11.4. The van der Waals surface area contributed by atoms with Crippen LogP contribution >= 0.6 is 0 Å². The minimum Gasteiger partial charge on any atom is -0.452 e. The van der Waals surface area contributed by atoms with Gasteiger partial charge >= 0.3 is 5.97 Å². The lowest BCUT2D eigenvalue weighted by Crippen LogP contribution is -2.35. The van der Waals surface area contributed by atoms with Crippen molar-refractivity contribution >= 4 is 33.3 Å². The van der Waals surface area contributed by atoms with Gasteiger partial charge in [-0.2, -0.15) is 0 Å². The van der Waals surface area contributed by atoms with E-state index >= 15 is 0 Å². The number of hydrogen-bond donors (Lipinski definition) is 1. The van der Waals surface area contributed by atoms with Gasteiger partial charge in [0.05, 0.1) is 27.5 Å². The number of aromatic nitrogens is 2. The zero-order chi connectivity index (χ0) is 28.6. The molecule has 1 amide bonds. The maximum absolute atomic E-state index is 13.5. The smallest absolute Gasteiger partial charge is 0.338 e. The van der Waals surface area contributed by atoms with Crippen LogP contribution in [0.5, 0.6) is 0 Å². The molecular weight excluding hydrogens is 532 g/mol. The zero-order valence-corrected chi connectivity index (χ0v) is 23.0. The van der Waals surface area contributed by atoms with Crippen molar-refractivity contribution in [2.75, 3.05) is 16.2 Å². The molecule has 0 radical (unpaired) electrons. The molecule has 206 valence electrons. The minimum absolute atomic E-state index is 0.0173. The molecule has 3 aromatic carbocycles. The van der Waals surface area contributed by atoms with Crippen molar-refractivity contribution in [2.45, 2.75) is 31.2 Å². The number of carbonyl (C=O) groups excluding carboxylic acids is 2. The number of ether oxygens (including phenoxy) is 1. The van der Waals surface area contributed by atoms with E-state index in [1.165, 1.54) is 33.3 Å². The number of amides is 1. The summed E-state index contributed by atoms with van der Waals surface area (Å²) in [5, 5.41) is 2.53. The van der Waals surface area contributed by atoms with Gasteiger partial charge in [0.1, 0.15) is 5.69 Å². The zero-order valence-electron chi connectivity index (χ0n) is 22.2. The molecule has 10 nitrogen and oxygen atoms in total. The first-order chi connectivity index (χ1) is 19.1. The lowest BCUT2D eigenvalue weighted by Gasteiger charge is -2.24. The highest BCUT2D eigenvalue weighted by atomic mass is 32.2. The Morgan fingerprint density at radius 2 is 1.70 bits per heavy atom. The molecular formula is C29H28N4O6S. The highest BCUT2D eigenvalue weighted by molar-refractivity contribution is 7.92. The largest absolute Gasteiger partial charge is 0.452 e. The maximum atomic E-state index is 13.5. The van der Waals surface area contributed by atoms with Gasteiger partial charge in [-0.25, -0.2) is 17.9 Å². The van der Waals surface area contributed by atoms with Crippen molar-refractivity contribution < 1.29 is 22.7 Å². The summed E-state index contributed by atoms with van der Waals surface area (Å²) in [6, 6.07) is 21.5. The van der Waals surface area contributed by atoms with Gasteiger partial charge in [0.25, 0.3) is 21.5 Å². The van der Waals surface area contributed by atoms with Crippen LogP contribution in [0.3, 0.4) is 0 Å². The van der Waals surface area contributed by atoms with Crippen molar-refractivity contribution in [1.29, 1.82) is 0 Å². The third-order valence-electron chi connectivity index (χ3n) is 6.92. The number of rotatable bonds is 7. The quantitative estimate of drug-likeness (QED) is 0.346. The molecule has 0 spiro atoms. The SMILES string of the molecule is Cc1c(NC(=O)COC(=O)c2cccc(S(=O)(=O)N3c4ccccc4C[C@H]3C)c2)c(=O)n(-c2ccccc2)n1C. The van der Waals surface area contributed by atoms with Crippen LogP contribution in [-0.4, -0.2) is 42.3 Å². The normalized spacial score (nSPS) is 14.6. The first-order valence-corrected chi connectivity index (χ1v) is 14.1. The third-order valence-corrected chi connectivity index (χ3v) is 8.85. The lowest BCUT2D eigenvalue weighted by atomic mass is 10.1. The van der Waals surface area contributed by atoms with Crippen LogP contribution in [0.25, 0.3) is 5.69 Å². The van der Waals surface area contributed by atoms with E-state index in [0.717, 1.165) is 5.56 Å². The van der Waals surface area contributed by atoms with E-state index in [2.05, 4.69) is 5.32 Å². The molecule has 1 aliphatic rings. The Labute approximate surface area is 231 Å². The number of nitrogens with one attached hydrogen (secondary N) is 1. The predicted molar refractivity (Wildman–Crippen MR) is 150 cm³/mol. The Kier molecular flexibility index (Phi) is 7.07. The lowest BCUT2D eigenvalue weighted by molar-refractivity contribution is -0.119. The number of hydrogen-bond acceptors (Lipinski definition) is 6. The van der Waals surface area contributed by atoms with Crippen molar-refractivity contribution in [2.24, 2.45) is 7.05 Å². The number of sulfonamides is 1. The van der Waals surface area contributed by atoms with Gasteiger partial charge in [0.2, 0.25) is 0 Å². The molecule has 0 saturated heterocycles. The fraction of sp³-hybridized carbons (Fsp3) is 0.207. The average Bonchev–Trinajstić information content (AvgIpc) is 3.40.